The Hall–Kier alpha value is -1.53. The molecule has 1 aromatic carbocycles. The van der Waals surface area contributed by atoms with Crippen molar-refractivity contribution in [2.45, 2.75) is 75.3 Å². The van der Waals surface area contributed by atoms with Crippen LogP contribution >= 0.6 is 0 Å². The van der Waals surface area contributed by atoms with Crippen molar-refractivity contribution in [1.82, 2.24) is 0 Å². The van der Waals surface area contributed by atoms with Gasteiger partial charge in [0.2, 0.25) is 0 Å². The van der Waals surface area contributed by atoms with Gasteiger partial charge < -0.3 is 18.9 Å². The van der Waals surface area contributed by atoms with Gasteiger partial charge in [0.1, 0.15) is 11.7 Å². The highest BCUT2D eigenvalue weighted by molar-refractivity contribution is 5.88. The van der Waals surface area contributed by atoms with E-state index in [0.717, 1.165) is 18.4 Å². The predicted octanol–water partition coefficient (Wildman–Crippen LogP) is 3.73. The van der Waals surface area contributed by atoms with Gasteiger partial charge in [0.15, 0.2) is 12.1 Å². The number of ether oxygens (including phenoxy) is 4. The first-order valence-electron chi connectivity index (χ1n) is 9.75. The largest absolute Gasteiger partial charge is 0.366 e. The first kappa shape index (κ1) is 18.8. The van der Waals surface area contributed by atoms with Gasteiger partial charge in [0.05, 0.1) is 24.4 Å². The molecule has 3 fully saturated rings. The van der Waals surface area contributed by atoms with Crippen LogP contribution in [0.1, 0.15) is 51.4 Å². The molecule has 0 amide bonds. The van der Waals surface area contributed by atoms with Crippen molar-refractivity contribution in [3.05, 3.63) is 48.6 Å². The summed E-state index contributed by atoms with van der Waals surface area (Å²) >= 11 is 0. The molecule has 0 radical (unpaired) electrons. The summed E-state index contributed by atoms with van der Waals surface area (Å²) in [5.41, 5.74) is -0.335. The Bertz CT molecular complexity index is 704. The zero-order chi connectivity index (χ0) is 19.1. The lowest BCUT2D eigenvalue weighted by Gasteiger charge is -2.48. The van der Waals surface area contributed by atoms with E-state index in [-0.39, 0.29) is 30.4 Å². The smallest absolute Gasteiger partial charge is 0.184 e. The number of carbonyl (C=O) groups excluding carboxylic acids is 1. The number of hydrogen-bond donors (Lipinski definition) is 0. The molecule has 3 saturated heterocycles. The Kier molecular flexibility index (Phi) is 4.97. The lowest BCUT2D eigenvalue weighted by molar-refractivity contribution is -0.280. The third-order valence-corrected chi connectivity index (χ3v) is 6.09. The standard InChI is InChI=1S/C22H28O5/c1-4-11-21(2)18(23)13-19-22(3,27-21)12-10-16-17(25-19)14-24-20(26-16)15-8-6-5-7-9-15/h4-9,16-17,19-20H,1,10-14H2,2-3H3/t16-,17+,19-,20+,21-,22+/m0/s1. The number of Topliss-reactive ketones (excluding diaryl/α,β-unsaturated/α-hetero) is 1. The average Bonchev–Trinajstić information content (AvgIpc) is 2.79. The zero-order valence-electron chi connectivity index (χ0n) is 16.1. The van der Waals surface area contributed by atoms with Crippen LogP contribution in [0.25, 0.3) is 0 Å². The summed E-state index contributed by atoms with van der Waals surface area (Å²) in [6.07, 6.45) is 3.29. The third-order valence-electron chi connectivity index (χ3n) is 6.09. The lowest BCUT2D eigenvalue weighted by Crippen LogP contribution is -2.59. The van der Waals surface area contributed by atoms with Crippen LogP contribution in [0.4, 0.5) is 0 Å². The van der Waals surface area contributed by atoms with Crippen molar-refractivity contribution in [1.29, 1.82) is 0 Å². The van der Waals surface area contributed by atoms with Gasteiger partial charge in [-0.05, 0) is 26.7 Å². The Morgan fingerprint density at radius 3 is 2.70 bits per heavy atom. The van der Waals surface area contributed by atoms with Gasteiger partial charge >= 0.3 is 0 Å². The van der Waals surface area contributed by atoms with Crippen LogP contribution in [-0.2, 0) is 23.7 Å². The summed E-state index contributed by atoms with van der Waals surface area (Å²) in [6, 6.07) is 9.95. The van der Waals surface area contributed by atoms with Gasteiger partial charge in [0.25, 0.3) is 0 Å². The Morgan fingerprint density at radius 1 is 1.19 bits per heavy atom. The minimum absolute atomic E-state index is 0.0723. The van der Waals surface area contributed by atoms with Crippen LogP contribution in [0, 0.1) is 0 Å². The molecule has 0 unspecified atom stereocenters. The average molecular weight is 372 g/mol. The van der Waals surface area contributed by atoms with Gasteiger partial charge in [-0.15, -0.1) is 6.58 Å². The molecule has 3 heterocycles. The number of ketones is 1. The molecule has 0 saturated carbocycles. The summed E-state index contributed by atoms with van der Waals surface area (Å²) < 4.78 is 24.9. The molecule has 27 heavy (non-hydrogen) atoms. The molecule has 3 aliphatic heterocycles. The second-order valence-electron chi connectivity index (χ2n) is 8.22. The molecule has 0 aliphatic carbocycles. The van der Waals surface area contributed by atoms with Crippen LogP contribution in [0.5, 0.6) is 0 Å². The highest BCUT2D eigenvalue weighted by Crippen LogP contribution is 2.44. The zero-order valence-corrected chi connectivity index (χ0v) is 16.1. The quantitative estimate of drug-likeness (QED) is 0.757. The summed E-state index contributed by atoms with van der Waals surface area (Å²) in [5, 5.41) is 0. The summed E-state index contributed by atoms with van der Waals surface area (Å²) in [7, 11) is 0. The Morgan fingerprint density at radius 2 is 1.96 bits per heavy atom. The maximum Gasteiger partial charge on any atom is 0.184 e. The highest BCUT2D eigenvalue weighted by atomic mass is 16.7. The molecule has 6 atom stereocenters. The van der Waals surface area contributed by atoms with Crippen LogP contribution < -0.4 is 0 Å². The molecule has 0 bridgehead atoms. The SMILES string of the molecule is C=CC[C@]1(C)O[C@]2(C)CC[C@@H]3O[C@H](c4ccccc4)OC[C@H]3O[C@H]2CC1=O. The topological polar surface area (TPSA) is 54.0 Å². The van der Waals surface area contributed by atoms with E-state index in [1.54, 1.807) is 6.08 Å². The highest BCUT2D eigenvalue weighted by Gasteiger charge is 2.54. The fourth-order valence-electron chi connectivity index (χ4n) is 4.45. The Balaban J connectivity index is 1.51. The van der Waals surface area contributed by atoms with Crippen molar-refractivity contribution >= 4 is 5.78 Å². The van der Waals surface area contributed by atoms with E-state index in [1.807, 2.05) is 37.3 Å². The van der Waals surface area contributed by atoms with E-state index in [1.165, 1.54) is 0 Å². The van der Waals surface area contributed by atoms with Crippen LogP contribution in [0.15, 0.2) is 43.0 Å². The summed E-state index contributed by atoms with van der Waals surface area (Å²) in [6.45, 7) is 8.15. The van der Waals surface area contributed by atoms with E-state index in [0.29, 0.717) is 19.4 Å². The molecular weight excluding hydrogens is 344 g/mol. The first-order chi connectivity index (χ1) is 12.9. The number of rotatable bonds is 3. The molecular formula is C22H28O5. The normalized spacial score (nSPS) is 41.9. The number of carbonyl (C=O) groups is 1. The van der Waals surface area contributed by atoms with E-state index < -0.39 is 11.2 Å². The molecule has 4 rings (SSSR count). The summed E-state index contributed by atoms with van der Waals surface area (Å²) in [5.74, 6) is 0.0723. The van der Waals surface area contributed by atoms with Crippen molar-refractivity contribution in [3.63, 3.8) is 0 Å². The third kappa shape index (κ3) is 3.49. The molecule has 0 N–H and O–H groups in total. The van der Waals surface area contributed by atoms with Crippen molar-refractivity contribution < 1.29 is 23.7 Å². The van der Waals surface area contributed by atoms with E-state index in [9.17, 15) is 4.79 Å². The van der Waals surface area contributed by atoms with Gasteiger partial charge in [0, 0.05) is 18.4 Å². The molecule has 146 valence electrons. The van der Waals surface area contributed by atoms with Crippen LogP contribution in [-0.4, -0.2) is 41.9 Å². The second-order valence-corrected chi connectivity index (χ2v) is 8.22. The second kappa shape index (κ2) is 7.13. The van der Waals surface area contributed by atoms with Crippen LogP contribution in [0.2, 0.25) is 0 Å². The molecule has 5 nitrogen and oxygen atoms in total. The van der Waals surface area contributed by atoms with E-state index in [4.69, 9.17) is 18.9 Å². The molecule has 3 aliphatic rings. The van der Waals surface area contributed by atoms with Gasteiger partial charge in [-0.25, -0.2) is 0 Å². The first-order valence-corrected chi connectivity index (χ1v) is 9.75. The minimum Gasteiger partial charge on any atom is -0.366 e. The fraction of sp³-hybridized carbons (Fsp3) is 0.591. The number of benzene rings is 1. The maximum atomic E-state index is 12.7. The van der Waals surface area contributed by atoms with Gasteiger partial charge in [-0.3, -0.25) is 4.79 Å². The van der Waals surface area contributed by atoms with E-state index >= 15 is 0 Å². The van der Waals surface area contributed by atoms with Gasteiger partial charge in [-0.1, -0.05) is 36.4 Å². The lowest BCUT2D eigenvalue weighted by atomic mass is 9.80. The predicted molar refractivity (Wildman–Crippen MR) is 100 cm³/mol. The van der Waals surface area contributed by atoms with E-state index in [2.05, 4.69) is 13.5 Å². The minimum atomic E-state index is -0.824. The number of fused-ring (bicyclic) bond motifs is 2. The van der Waals surface area contributed by atoms with Crippen molar-refractivity contribution in [2.24, 2.45) is 0 Å². The Labute approximate surface area is 160 Å². The maximum absolute atomic E-state index is 12.7. The number of hydrogen-bond acceptors (Lipinski definition) is 5. The molecule has 5 heteroatoms. The van der Waals surface area contributed by atoms with Crippen molar-refractivity contribution in [3.8, 4) is 0 Å². The monoisotopic (exact) mass is 372 g/mol. The molecule has 1 aromatic rings. The van der Waals surface area contributed by atoms with Crippen LogP contribution in [0.3, 0.4) is 0 Å². The van der Waals surface area contributed by atoms with Crippen molar-refractivity contribution in [2.75, 3.05) is 6.61 Å². The van der Waals surface area contributed by atoms with Gasteiger partial charge in [-0.2, -0.15) is 0 Å². The molecule has 0 aromatic heterocycles. The summed E-state index contributed by atoms with van der Waals surface area (Å²) in [4.78, 5) is 12.7. The fourth-order valence-corrected chi connectivity index (χ4v) is 4.45. The molecule has 0 spiro atoms.